The minimum Gasteiger partial charge on any atom is -0.350 e. The zero-order valence-corrected chi connectivity index (χ0v) is 11.2. The summed E-state index contributed by atoms with van der Waals surface area (Å²) in [7, 11) is 0. The van der Waals surface area contributed by atoms with Crippen molar-refractivity contribution in [3.63, 3.8) is 0 Å². The van der Waals surface area contributed by atoms with Gasteiger partial charge in [-0.25, -0.2) is 0 Å². The third kappa shape index (κ3) is 4.16. The van der Waals surface area contributed by atoms with Crippen molar-refractivity contribution in [1.82, 2.24) is 15.6 Å². The number of amides is 2. The van der Waals surface area contributed by atoms with E-state index in [1.807, 2.05) is 27.7 Å². The van der Waals surface area contributed by atoms with Crippen LogP contribution >= 0.6 is 0 Å². The lowest BCUT2D eigenvalue weighted by molar-refractivity contribution is 0.0938. The molecule has 0 aliphatic rings. The smallest absolute Gasteiger partial charge is 0.270 e. The number of nitrogens with zero attached hydrogens (tertiary/aromatic N) is 1. The molecule has 0 saturated carbocycles. The van der Waals surface area contributed by atoms with E-state index in [-0.39, 0.29) is 29.6 Å². The van der Waals surface area contributed by atoms with Gasteiger partial charge in [0.25, 0.3) is 11.8 Å². The van der Waals surface area contributed by atoms with Crippen molar-refractivity contribution in [2.24, 2.45) is 0 Å². The molecule has 5 nitrogen and oxygen atoms in total. The molecule has 0 spiro atoms. The molecule has 0 atom stereocenters. The maximum atomic E-state index is 11.8. The molecule has 0 aliphatic heterocycles. The number of hydrogen-bond donors (Lipinski definition) is 2. The highest BCUT2D eigenvalue weighted by molar-refractivity contribution is 5.98. The third-order valence-corrected chi connectivity index (χ3v) is 2.09. The van der Waals surface area contributed by atoms with Gasteiger partial charge >= 0.3 is 0 Å². The summed E-state index contributed by atoms with van der Waals surface area (Å²) in [5.74, 6) is -0.477. The molecule has 1 aromatic heterocycles. The summed E-state index contributed by atoms with van der Waals surface area (Å²) in [6.45, 7) is 7.50. The van der Waals surface area contributed by atoms with Gasteiger partial charge in [0, 0.05) is 23.8 Å². The van der Waals surface area contributed by atoms with Gasteiger partial charge in [-0.15, -0.1) is 0 Å². The molecular weight excluding hydrogens is 230 g/mol. The third-order valence-electron chi connectivity index (χ3n) is 2.09. The monoisotopic (exact) mass is 249 g/mol. The SMILES string of the molecule is CC(C)NC(=O)c1ccnc(C(=O)NC(C)C)c1. The Morgan fingerprint density at radius 3 is 2.17 bits per heavy atom. The second kappa shape index (κ2) is 6.14. The molecule has 0 bridgehead atoms. The quantitative estimate of drug-likeness (QED) is 0.846. The van der Waals surface area contributed by atoms with Gasteiger partial charge in [0.2, 0.25) is 0 Å². The largest absolute Gasteiger partial charge is 0.350 e. The van der Waals surface area contributed by atoms with E-state index in [2.05, 4.69) is 15.6 Å². The summed E-state index contributed by atoms with van der Waals surface area (Å²) in [5.41, 5.74) is 0.688. The van der Waals surface area contributed by atoms with Gasteiger partial charge in [-0.05, 0) is 39.8 Å². The van der Waals surface area contributed by atoms with Gasteiger partial charge in [0.1, 0.15) is 5.69 Å². The van der Waals surface area contributed by atoms with Crippen LogP contribution in [0.1, 0.15) is 48.5 Å². The molecule has 98 valence electrons. The predicted molar refractivity (Wildman–Crippen MR) is 69.4 cm³/mol. The van der Waals surface area contributed by atoms with Crippen LogP contribution in [0.25, 0.3) is 0 Å². The average molecular weight is 249 g/mol. The summed E-state index contributed by atoms with van der Waals surface area (Å²) in [5, 5.41) is 5.50. The molecule has 2 amide bonds. The summed E-state index contributed by atoms with van der Waals surface area (Å²) in [6.07, 6.45) is 1.46. The van der Waals surface area contributed by atoms with E-state index in [1.165, 1.54) is 12.3 Å². The summed E-state index contributed by atoms with van der Waals surface area (Å²) in [4.78, 5) is 27.5. The molecule has 0 unspecified atom stereocenters. The summed E-state index contributed by atoms with van der Waals surface area (Å²) in [6, 6.07) is 3.17. The first-order chi connectivity index (χ1) is 8.40. The van der Waals surface area contributed by atoms with E-state index in [1.54, 1.807) is 6.07 Å². The summed E-state index contributed by atoms with van der Waals surface area (Å²) >= 11 is 0. The number of nitrogens with one attached hydrogen (secondary N) is 2. The molecule has 0 aromatic carbocycles. The van der Waals surface area contributed by atoms with E-state index in [0.717, 1.165) is 0 Å². The van der Waals surface area contributed by atoms with E-state index in [0.29, 0.717) is 5.56 Å². The minimum absolute atomic E-state index is 0.0347. The number of aromatic nitrogens is 1. The van der Waals surface area contributed by atoms with Gasteiger partial charge in [-0.3, -0.25) is 14.6 Å². The Morgan fingerprint density at radius 1 is 1.06 bits per heavy atom. The minimum atomic E-state index is -0.274. The van der Waals surface area contributed by atoms with Crippen molar-refractivity contribution in [2.75, 3.05) is 0 Å². The average Bonchev–Trinajstić information content (AvgIpc) is 2.27. The zero-order chi connectivity index (χ0) is 13.7. The number of carbonyl (C=O) groups excluding carboxylic acids is 2. The Kier molecular flexibility index (Phi) is 4.83. The van der Waals surface area contributed by atoms with Gasteiger partial charge in [-0.1, -0.05) is 0 Å². The van der Waals surface area contributed by atoms with Gasteiger partial charge in [0.15, 0.2) is 0 Å². The van der Waals surface area contributed by atoms with Crippen LogP contribution in [-0.2, 0) is 0 Å². The Bertz CT molecular complexity index is 404. The maximum absolute atomic E-state index is 11.8. The predicted octanol–water partition coefficient (Wildman–Crippen LogP) is 1.36. The maximum Gasteiger partial charge on any atom is 0.270 e. The second-order valence-corrected chi connectivity index (χ2v) is 4.69. The number of hydrogen-bond acceptors (Lipinski definition) is 3. The van der Waals surface area contributed by atoms with Crippen LogP contribution in [0.3, 0.4) is 0 Å². The lowest BCUT2D eigenvalue weighted by Crippen LogP contribution is -2.32. The lowest BCUT2D eigenvalue weighted by atomic mass is 10.2. The molecule has 18 heavy (non-hydrogen) atoms. The van der Waals surface area contributed by atoms with Gasteiger partial charge in [-0.2, -0.15) is 0 Å². The van der Waals surface area contributed by atoms with Crippen LogP contribution in [0.4, 0.5) is 0 Å². The number of carbonyl (C=O) groups is 2. The van der Waals surface area contributed by atoms with Crippen molar-refractivity contribution in [3.05, 3.63) is 29.6 Å². The molecule has 5 heteroatoms. The molecule has 0 aliphatic carbocycles. The first kappa shape index (κ1) is 14.2. The van der Waals surface area contributed by atoms with E-state index in [4.69, 9.17) is 0 Å². The molecule has 1 heterocycles. The Hall–Kier alpha value is -1.91. The van der Waals surface area contributed by atoms with Crippen LogP contribution in [0.2, 0.25) is 0 Å². The fourth-order valence-electron chi connectivity index (χ4n) is 1.38. The first-order valence-electron chi connectivity index (χ1n) is 5.98. The standard InChI is InChI=1S/C13H19N3O2/c1-8(2)15-12(17)10-5-6-14-11(7-10)13(18)16-9(3)4/h5-9H,1-4H3,(H,15,17)(H,16,18). The topological polar surface area (TPSA) is 71.1 Å². The lowest BCUT2D eigenvalue weighted by Gasteiger charge is -2.10. The molecule has 1 rings (SSSR count). The van der Waals surface area contributed by atoms with Gasteiger partial charge in [0.05, 0.1) is 0 Å². The van der Waals surface area contributed by atoms with Crippen LogP contribution in [0.15, 0.2) is 18.3 Å². The van der Waals surface area contributed by atoms with Gasteiger partial charge < -0.3 is 10.6 Å². The molecular formula is C13H19N3O2. The molecule has 0 fully saturated rings. The first-order valence-corrected chi connectivity index (χ1v) is 5.98. The Balaban J connectivity index is 2.85. The van der Waals surface area contributed by atoms with Crippen LogP contribution in [0, 0.1) is 0 Å². The molecule has 2 N–H and O–H groups in total. The van der Waals surface area contributed by atoms with Crippen molar-refractivity contribution < 1.29 is 9.59 Å². The van der Waals surface area contributed by atoms with Crippen molar-refractivity contribution in [2.45, 2.75) is 39.8 Å². The highest BCUT2D eigenvalue weighted by atomic mass is 16.2. The Morgan fingerprint density at radius 2 is 1.61 bits per heavy atom. The van der Waals surface area contributed by atoms with E-state index in [9.17, 15) is 9.59 Å². The fraction of sp³-hybridized carbons (Fsp3) is 0.462. The van der Waals surface area contributed by atoms with E-state index < -0.39 is 0 Å². The molecule has 0 radical (unpaired) electrons. The van der Waals surface area contributed by atoms with Crippen LogP contribution in [0.5, 0.6) is 0 Å². The molecule has 1 aromatic rings. The van der Waals surface area contributed by atoms with E-state index >= 15 is 0 Å². The highest BCUT2D eigenvalue weighted by Crippen LogP contribution is 2.03. The second-order valence-electron chi connectivity index (χ2n) is 4.69. The number of pyridine rings is 1. The zero-order valence-electron chi connectivity index (χ0n) is 11.2. The van der Waals surface area contributed by atoms with Crippen molar-refractivity contribution >= 4 is 11.8 Å². The summed E-state index contributed by atoms with van der Waals surface area (Å²) < 4.78 is 0. The fourth-order valence-corrected chi connectivity index (χ4v) is 1.38. The molecule has 0 saturated heterocycles. The normalized spacial score (nSPS) is 10.6. The van der Waals surface area contributed by atoms with Crippen molar-refractivity contribution in [3.8, 4) is 0 Å². The van der Waals surface area contributed by atoms with Crippen LogP contribution in [-0.4, -0.2) is 28.9 Å². The Labute approximate surface area is 107 Å². The van der Waals surface area contributed by atoms with Crippen molar-refractivity contribution in [1.29, 1.82) is 0 Å². The highest BCUT2D eigenvalue weighted by Gasteiger charge is 2.12. The van der Waals surface area contributed by atoms with Crippen LogP contribution < -0.4 is 10.6 Å². The number of rotatable bonds is 4.